The lowest BCUT2D eigenvalue weighted by atomic mass is 10.2. The maximum Gasteiger partial charge on any atom is 0.273 e. The van der Waals surface area contributed by atoms with E-state index in [0.717, 1.165) is 0 Å². The minimum absolute atomic E-state index is 0.00327. The van der Waals surface area contributed by atoms with Crippen LogP contribution in [-0.2, 0) is 4.74 Å². The van der Waals surface area contributed by atoms with E-state index >= 15 is 0 Å². The molecule has 1 unspecified atom stereocenters. The molecule has 1 aromatic rings. The van der Waals surface area contributed by atoms with E-state index in [9.17, 15) is 10.1 Å². The summed E-state index contributed by atoms with van der Waals surface area (Å²) >= 11 is 0. The van der Waals surface area contributed by atoms with E-state index in [0.29, 0.717) is 18.0 Å². The molecule has 0 aliphatic carbocycles. The molecule has 0 bridgehead atoms. The normalized spacial score (nSPS) is 12.2. The summed E-state index contributed by atoms with van der Waals surface area (Å²) in [6.07, 6.45) is 0. The quantitative estimate of drug-likeness (QED) is 0.480. The highest BCUT2D eigenvalue weighted by Gasteiger charge is 2.14. The largest absolute Gasteiger partial charge is 0.398 e. The molecular formula is C11H17N3O3. The van der Waals surface area contributed by atoms with Crippen molar-refractivity contribution < 1.29 is 9.66 Å². The lowest BCUT2D eigenvalue weighted by Crippen LogP contribution is -2.32. The van der Waals surface area contributed by atoms with Crippen molar-refractivity contribution in [3.63, 3.8) is 0 Å². The van der Waals surface area contributed by atoms with Crippen LogP contribution in [0.2, 0.25) is 0 Å². The molecule has 17 heavy (non-hydrogen) atoms. The van der Waals surface area contributed by atoms with Crippen LogP contribution in [0.1, 0.15) is 6.92 Å². The van der Waals surface area contributed by atoms with Crippen LogP contribution in [0.15, 0.2) is 18.2 Å². The Bertz CT molecular complexity index is 409. The smallest absolute Gasteiger partial charge is 0.273 e. The molecule has 2 N–H and O–H groups in total. The number of non-ortho nitro benzene ring substituents is 1. The topological polar surface area (TPSA) is 81.6 Å². The predicted octanol–water partition coefficient (Wildman–Crippen LogP) is 1.65. The highest BCUT2D eigenvalue weighted by atomic mass is 16.6. The Hall–Kier alpha value is -1.82. The number of hydrogen-bond donors (Lipinski definition) is 1. The molecule has 0 heterocycles. The number of likely N-dealkylation sites (N-methyl/N-ethyl adjacent to an activating group) is 1. The SMILES string of the molecule is COCC(C)N(C)c1cc(N)cc([N+](=O)[O-])c1. The zero-order valence-electron chi connectivity index (χ0n) is 10.2. The van der Waals surface area contributed by atoms with Crippen LogP contribution < -0.4 is 10.6 Å². The van der Waals surface area contributed by atoms with E-state index in [1.807, 2.05) is 18.9 Å². The van der Waals surface area contributed by atoms with Crippen LogP contribution in [0.25, 0.3) is 0 Å². The summed E-state index contributed by atoms with van der Waals surface area (Å²) in [5.41, 5.74) is 6.73. The number of nitrogens with zero attached hydrogens (tertiary/aromatic N) is 2. The Kier molecular flexibility index (Phi) is 4.28. The third kappa shape index (κ3) is 3.32. The minimum Gasteiger partial charge on any atom is -0.398 e. The van der Waals surface area contributed by atoms with Gasteiger partial charge >= 0.3 is 0 Å². The van der Waals surface area contributed by atoms with Crippen molar-refractivity contribution in [1.82, 2.24) is 0 Å². The number of anilines is 2. The van der Waals surface area contributed by atoms with Gasteiger partial charge in [-0.15, -0.1) is 0 Å². The lowest BCUT2D eigenvalue weighted by Gasteiger charge is -2.26. The summed E-state index contributed by atoms with van der Waals surface area (Å²) in [7, 11) is 3.47. The predicted molar refractivity (Wildman–Crippen MR) is 67.2 cm³/mol. The van der Waals surface area contributed by atoms with E-state index < -0.39 is 4.92 Å². The second-order valence-electron chi connectivity index (χ2n) is 3.96. The number of methoxy groups -OCH3 is 1. The number of hydrogen-bond acceptors (Lipinski definition) is 5. The van der Waals surface area contributed by atoms with E-state index in [1.54, 1.807) is 13.2 Å². The molecular weight excluding hydrogens is 222 g/mol. The van der Waals surface area contributed by atoms with Gasteiger partial charge in [0.25, 0.3) is 5.69 Å². The van der Waals surface area contributed by atoms with E-state index in [2.05, 4.69) is 0 Å². The molecule has 6 nitrogen and oxygen atoms in total. The van der Waals surface area contributed by atoms with Crippen molar-refractivity contribution in [2.24, 2.45) is 0 Å². The Morgan fingerprint density at radius 3 is 2.71 bits per heavy atom. The van der Waals surface area contributed by atoms with Gasteiger partial charge < -0.3 is 15.4 Å². The number of nitro benzene ring substituents is 1. The Morgan fingerprint density at radius 1 is 1.53 bits per heavy atom. The molecule has 0 aromatic heterocycles. The molecule has 0 fully saturated rings. The number of rotatable bonds is 5. The van der Waals surface area contributed by atoms with Gasteiger partial charge in [-0.1, -0.05) is 0 Å². The zero-order chi connectivity index (χ0) is 13.0. The van der Waals surface area contributed by atoms with Crippen LogP contribution in [0.5, 0.6) is 0 Å². The summed E-state index contributed by atoms with van der Waals surface area (Å²) in [6.45, 7) is 2.51. The molecule has 6 heteroatoms. The Balaban J connectivity index is 3.01. The van der Waals surface area contributed by atoms with Crippen molar-refractivity contribution in [3.05, 3.63) is 28.3 Å². The van der Waals surface area contributed by atoms with E-state index in [1.165, 1.54) is 12.1 Å². The molecule has 1 atom stereocenters. The number of nitrogens with two attached hydrogens (primary N) is 1. The van der Waals surface area contributed by atoms with Gasteiger partial charge in [-0.3, -0.25) is 10.1 Å². The molecule has 0 aliphatic rings. The van der Waals surface area contributed by atoms with Crippen LogP contribution >= 0.6 is 0 Å². The molecule has 1 aromatic carbocycles. The van der Waals surface area contributed by atoms with Gasteiger partial charge in [0.1, 0.15) is 0 Å². The third-order valence-corrected chi connectivity index (χ3v) is 2.61. The van der Waals surface area contributed by atoms with Crippen LogP contribution in [0.4, 0.5) is 17.1 Å². The molecule has 94 valence electrons. The van der Waals surface area contributed by atoms with Gasteiger partial charge in [-0.25, -0.2) is 0 Å². The fourth-order valence-corrected chi connectivity index (χ4v) is 1.53. The average Bonchev–Trinajstić information content (AvgIpc) is 2.27. The molecule has 1 rings (SSSR count). The molecule has 0 radical (unpaired) electrons. The molecule has 0 amide bonds. The number of benzene rings is 1. The highest BCUT2D eigenvalue weighted by molar-refractivity contribution is 5.62. The molecule has 0 saturated carbocycles. The lowest BCUT2D eigenvalue weighted by molar-refractivity contribution is -0.384. The van der Waals surface area contributed by atoms with Gasteiger partial charge in [0.15, 0.2) is 0 Å². The minimum atomic E-state index is -0.450. The van der Waals surface area contributed by atoms with Gasteiger partial charge in [-0.05, 0) is 13.0 Å². The number of nitro groups is 1. The number of ether oxygens (including phenoxy) is 1. The zero-order valence-corrected chi connectivity index (χ0v) is 10.2. The monoisotopic (exact) mass is 239 g/mol. The first-order chi connectivity index (χ1) is 7.95. The summed E-state index contributed by atoms with van der Waals surface area (Å²) in [6, 6.07) is 4.67. The third-order valence-electron chi connectivity index (χ3n) is 2.61. The standard InChI is InChI=1S/C11H17N3O3/c1-8(7-17-3)13(2)10-4-9(12)5-11(6-10)14(15)16/h4-6,8H,7,12H2,1-3H3. The number of nitrogen functional groups attached to an aromatic ring is 1. The van der Waals surface area contributed by atoms with Crippen molar-refractivity contribution in [1.29, 1.82) is 0 Å². The van der Waals surface area contributed by atoms with Crippen molar-refractivity contribution in [2.45, 2.75) is 13.0 Å². The average molecular weight is 239 g/mol. The maximum absolute atomic E-state index is 10.7. The first-order valence-electron chi connectivity index (χ1n) is 5.22. The highest BCUT2D eigenvalue weighted by Crippen LogP contribution is 2.25. The van der Waals surface area contributed by atoms with Gasteiger partial charge in [0.2, 0.25) is 0 Å². The fourth-order valence-electron chi connectivity index (χ4n) is 1.53. The van der Waals surface area contributed by atoms with Crippen molar-refractivity contribution >= 4 is 17.1 Å². The van der Waals surface area contributed by atoms with E-state index in [4.69, 9.17) is 10.5 Å². The Labute approximate surface area is 100 Å². The molecule has 0 aliphatic heterocycles. The summed E-state index contributed by atoms with van der Waals surface area (Å²) in [5, 5.41) is 10.7. The summed E-state index contributed by atoms with van der Waals surface area (Å²) in [5.74, 6) is 0. The van der Waals surface area contributed by atoms with Gasteiger partial charge in [0.05, 0.1) is 11.5 Å². The molecule has 0 saturated heterocycles. The van der Waals surface area contributed by atoms with Crippen molar-refractivity contribution in [3.8, 4) is 0 Å². The van der Waals surface area contributed by atoms with Crippen LogP contribution in [-0.4, -0.2) is 31.7 Å². The second-order valence-corrected chi connectivity index (χ2v) is 3.96. The first-order valence-corrected chi connectivity index (χ1v) is 5.22. The second kappa shape index (κ2) is 5.49. The van der Waals surface area contributed by atoms with Crippen LogP contribution in [0, 0.1) is 10.1 Å². The Morgan fingerprint density at radius 2 is 2.18 bits per heavy atom. The van der Waals surface area contributed by atoms with Gasteiger partial charge in [0, 0.05) is 43.7 Å². The van der Waals surface area contributed by atoms with Crippen LogP contribution in [0.3, 0.4) is 0 Å². The van der Waals surface area contributed by atoms with Crippen molar-refractivity contribution in [2.75, 3.05) is 31.4 Å². The summed E-state index contributed by atoms with van der Waals surface area (Å²) < 4.78 is 5.05. The van der Waals surface area contributed by atoms with Gasteiger partial charge in [-0.2, -0.15) is 0 Å². The van der Waals surface area contributed by atoms with E-state index in [-0.39, 0.29) is 11.7 Å². The first kappa shape index (κ1) is 13.2. The fraction of sp³-hybridized carbons (Fsp3) is 0.455. The molecule has 0 spiro atoms. The maximum atomic E-state index is 10.7. The summed E-state index contributed by atoms with van der Waals surface area (Å²) in [4.78, 5) is 12.2.